The van der Waals surface area contributed by atoms with E-state index in [1.165, 1.54) is 22.3 Å². The summed E-state index contributed by atoms with van der Waals surface area (Å²) in [5, 5.41) is 8.77. The molecule has 1 amide bonds. The predicted octanol–water partition coefficient (Wildman–Crippen LogP) is 2.69. The van der Waals surface area contributed by atoms with Gasteiger partial charge >= 0.3 is 0 Å². The Morgan fingerprint density at radius 1 is 1.07 bits per heavy atom. The number of nitrogens with one attached hydrogen (secondary N) is 1. The summed E-state index contributed by atoms with van der Waals surface area (Å²) in [7, 11) is 0. The predicted molar refractivity (Wildman–Crippen MR) is 104 cm³/mol. The molecular weight excluding hydrogens is 340 g/mol. The third kappa shape index (κ3) is 3.95. The second-order valence-corrected chi connectivity index (χ2v) is 7.12. The molecule has 0 unspecified atom stereocenters. The van der Waals surface area contributed by atoms with Crippen molar-refractivity contribution in [2.24, 2.45) is 0 Å². The standard InChI is InChI=1S/C22H24N2O3/c25-22(23-26)17-7-5-16(6-8-17)13-21-19(15-24-9-11-27-12-10-24)14-18-3-1-2-4-20(18)21/h1-8,26H,9-15H2,(H,23,25). The van der Waals surface area contributed by atoms with Gasteiger partial charge in [-0.25, -0.2) is 5.48 Å². The molecule has 0 atom stereocenters. The maximum absolute atomic E-state index is 11.5. The average Bonchev–Trinajstić information content (AvgIpc) is 3.06. The number of carbonyl (C=O) groups is 1. The molecule has 2 aromatic carbocycles. The summed E-state index contributed by atoms with van der Waals surface area (Å²) in [6.45, 7) is 4.57. The van der Waals surface area contributed by atoms with E-state index >= 15 is 0 Å². The summed E-state index contributed by atoms with van der Waals surface area (Å²) in [5.74, 6) is -0.486. The van der Waals surface area contributed by atoms with E-state index in [9.17, 15) is 4.79 Å². The van der Waals surface area contributed by atoms with Crippen LogP contribution in [0.15, 0.2) is 54.1 Å². The summed E-state index contributed by atoms with van der Waals surface area (Å²) < 4.78 is 5.48. The molecule has 0 radical (unpaired) electrons. The zero-order chi connectivity index (χ0) is 18.6. The van der Waals surface area contributed by atoms with Gasteiger partial charge in [0, 0.05) is 25.2 Å². The molecular formula is C22H24N2O3. The number of hydrogen-bond donors (Lipinski definition) is 2. The minimum absolute atomic E-state index is 0.454. The number of rotatable bonds is 5. The fourth-order valence-electron chi connectivity index (χ4n) is 3.94. The number of benzene rings is 2. The Kier molecular flexibility index (Phi) is 5.34. The van der Waals surface area contributed by atoms with E-state index in [-0.39, 0.29) is 0 Å². The van der Waals surface area contributed by atoms with Crippen molar-refractivity contribution in [2.45, 2.75) is 12.8 Å². The van der Waals surface area contributed by atoms with Crippen LogP contribution in [0.1, 0.15) is 27.0 Å². The number of amides is 1. The van der Waals surface area contributed by atoms with Crippen LogP contribution >= 0.6 is 0 Å². The van der Waals surface area contributed by atoms with E-state index in [0.29, 0.717) is 5.56 Å². The van der Waals surface area contributed by atoms with Crippen molar-refractivity contribution in [3.63, 3.8) is 0 Å². The highest BCUT2D eigenvalue weighted by Crippen LogP contribution is 2.35. The van der Waals surface area contributed by atoms with Gasteiger partial charge in [0.15, 0.2) is 0 Å². The maximum atomic E-state index is 11.5. The van der Waals surface area contributed by atoms with Crippen LogP contribution in [0.25, 0.3) is 5.57 Å². The molecule has 1 heterocycles. The number of nitrogens with zero attached hydrogens (tertiary/aromatic N) is 1. The molecule has 1 fully saturated rings. The fraction of sp³-hybridized carbons (Fsp3) is 0.318. The molecule has 4 rings (SSSR count). The topological polar surface area (TPSA) is 61.8 Å². The molecule has 2 N–H and O–H groups in total. The molecule has 0 spiro atoms. The van der Waals surface area contributed by atoms with Crippen LogP contribution in [0.5, 0.6) is 0 Å². The lowest BCUT2D eigenvalue weighted by Gasteiger charge is -2.27. The first-order valence-electron chi connectivity index (χ1n) is 9.37. The van der Waals surface area contributed by atoms with Crippen LogP contribution in [0, 0.1) is 0 Å². The van der Waals surface area contributed by atoms with Gasteiger partial charge in [-0.2, -0.15) is 0 Å². The van der Waals surface area contributed by atoms with Gasteiger partial charge in [0.2, 0.25) is 0 Å². The highest BCUT2D eigenvalue weighted by atomic mass is 16.5. The molecule has 1 aliphatic heterocycles. The fourth-order valence-corrected chi connectivity index (χ4v) is 3.94. The highest BCUT2D eigenvalue weighted by molar-refractivity contribution is 5.93. The Labute approximate surface area is 159 Å². The molecule has 2 aromatic rings. The van der Waals surface area contributed by atoms with Gasteiger partial charge in [-0.3, -0.25) is 14.9 Å². The zero-order valence-electron chi connectivity index (χ0n) is 15.3. The van der Waals surface area contributed by atoms with Crippen LogP contribution in [0.3, 0.4) is 0 Å². The van der Waals surface area contributed by atoms with Gasteiger partial charge in [-0.1, -0.05) is 36.4 Å². The molecule has 27 heavy (non-hydrogen) atoms. The number of fused-ring (bicyclic) bond motifs is 1. The Bertz CT molecular complexity index is 852. The SMILES string of the molecule is O=C(NO)c1ccc(CC2=C(CN3CCOCC3)Cc3ccccc32)cc1. The van der Waals surface area contributed by atoms with E-state index in [4.69, 9.17) is 9.94 Å². The van der Waals surface area contributed by atoms with Crippen molar-refractivity contribution in [3.8, 4) is 0 Å². The minimum atomic E-state index is -0.486. The van der Waals surface area contributed by atoms with Crippen LogP contribution in [0.4, 0.5) is 0 Å². The second kappa shape index (κ2) is 8.05. The summed E-state index contributed by atoms with van der Waals surface area (Å²) in [5.41, 5.74) is 8.91. The lowest BCUT2D eigenvalue weighted by atomic mass is 9.97. The first-order chi connectivity index (χ1) is 13.2. The van der Waals surface area contributed by atoms with Gasteiger partial charge < -0.3 is 4.74 Å². The lowest BCUT2D eigenvalue weighted by Crippen LogP contribution is -2.37. The average molecular weight is 364 g/mol. The normalized spacial score (nSPS) is 17.1. The second-order valence-electron chi connectivity index (χ2n) is 7.12. The Hall–Kier alpha value is -2.47. The molecule has 2 aliphatic rings. The highest BCUT2D eigenvalue weighted by Gasteiger charge is 2.23. The molecule has 5 nitrogen and oxygen atoms in total. The third-order valence-corrected chi connectivity index (χ3v) is 5.39. The Balaban J connectivity index is 1.59. The maximum Gasteiger partial charge on any atom is 0.274 e. The van der Waals surface area contributed by atoms with Crippen molar-refractivity contribution < 1.29 is 14.7 Å². The van der Waals surface area contributed by atoms with Crippen LogP contribution in [0.2, 0.25) is 0 Å². The molecule has 5 heteroatoms. The Morgan fingerprint density at radius 3 is 2.56 bits per heavy atom. The van der Waals surface area contributed by atoms with Crippen molar-refractivity contribution >= 4 is 11.5 Å². The summed E-state index contributed by atoms with van der Waals surface area (Å²) in [6.07, 6.45) is 1.85. The van der Waals surface area contributed by atoms with Crippen LogP contribution in [-0.2, 0) is 17.6 Å². The number of allylic oxidation sites excluding steroid dienone is 1. The first kappa shape index (κ1) is 17.9. The van der Waals surface area contributed by atoms with Gasteiger partial charge in [0.25, 0.3) is 5.91 Å². The quantitative estimate of drug-likeness (QED) is 0.633. The summed E-state index contributed by atoms with van der Waals surface area (Å²) >= 11 is 0. The first-order valence-corrected chi connectivity index (χ1v) is 9.37. The van der Waals surface area contributed by atoms with Gasteiger partial charge in [0.1, 0.15) is 0 Å². The number of hydrogen-bond acceptors (Lipinski definition) is 4. The van der Waals surface area contributed by atoms with Crippen molar-refractivity contribution in [1.29, 1.82) is 0 Å². The molecule has 0 aromatic heterocycles. The monoisotopic (exact) mass is 364 g/mol. The number of ether oxygens (including phenoxy) is 1. The largest absolute Gasteiger partial charge is 0.379 e. The lowest BCUT2D eigenvalue weighted by molar-refractivity contribution is 0.0422. The minimum Gasteiger partial charge on any atom is -0.379 e. The van der Waals surface area contributed by atoms with Gasteiger partial charge in [-0.15, -0.1) is 0 Å². The van der Waals surface area contributed by atoms with E-state index in [0.717, 1.165) is 51.3 Å². The Morgan fingerprint density at radius 2 is 1.81 bits per heavy atom. The van der Waals surface area contributed by atoms with Crippen LogP contribution < -0.4 is 5.48 Å². The van der Waals surface area contributed by atoms with Gasteiger partial charge in [-0.05, 0) is 52.8 Å². The van der Waals surface area contributed by atoms with Crippen molar-refractivity contribution in [1.82, 2.24) is 10.4 Å². The van der Waals surface area contributed by atoms with Crippen molar-refractivity contribution in [3.05, 3.63) is 76.4 Å². The van der Waals surface area contributed by atoms with Crippen LogP contribution in [-0.4, -0.2) is 48.9 Å². The van der Waals surface area contributed by atoms with Crippen molar-refractivity contribution in [2.75, 3.05) is 32.8 Å². The smallest absolute Gasteiger partial charge is 0.274 e. The molecule has 1 aliphatic carbocycles. The van der Waals surface area contributed by atoms with E-state index in [2.05, 4.69) is 29.2 Å². The number of carbonyl (C=O) groups excluding carboxylic acids is 1. The molecule has 0 bridgehead atoms. The molecule has 1 saturated heterocycles. The van der Waals surface area contributed by atoms with E-state index < -0.39 is 5.91 Å². The zero-order valence-corrected chi connectivity index (χ0v) is 15.3. The third-order valence-electron chi connectivity index (χ3n) is 5.39. The molecule has 140 valence electrons. The van der Waals surface area contributed by atoms with Gasteiger partial charge in [0.05, 0.1) is 13.2 Å². The summed E-state index contributed by atoms with van der Waals surface area (Å²) in [6, 6.07) is 16.1. The number of hydroxylamine groups is 1. The van der Waals surface area contributed by atoms with E-state index in [1.54, 1.807) is 17.6 Å². The summed E-state index contributed by atoms with van der Waals surface area (Å²) in [4.78, 5) is 14.0. The molecule has 0 saturated carbocycles. The van der Waals surface area contributed by atoms with E-state index in [1.807, 2.05) is 12.1 Å². The number of morpholine rings is 1.